The number of Topliss-reactive ketones (excluding diaryl/α,β-unsaturated/α-hetero) is 1. The smallest absolute Gasteiger partial charge is 0.346 e. The lowest BCUT2D eigenvalue weighted by molar-refractivity contribution is 0.0467. The van der Waals surface area contributed by atoms with Gasteiger partial charge in [0.1, 0.15) is 17.1 Å². The highest BCUT2D eigenvalue weighted by molar-refractivity contribution is 6.00. The topological polar surface area (TPSA) is 77.6 Å². The molecule has 1 aromatic carbocycles. The maximum Gasteiger partial charge on any atom is 0.346 e. The van der Waals surface area contributed by atoms with Gasteiger partial charge in [0.2, 0.25) is 5.78 Å². The van der Waals surface area contributed by atoms with Crippen LogP contribution >= 0.6 is 0 Å². The summed E-state index contributed by atoms with van der Waals surface area (Å²) in [7, 11) is 2.88. The second kappa shape index (κ2) is 6.60. The van der Waals surface area contributed by atoms with Gasteiger partial charge in [0.05, 0.1) is 19.9 Å². The minimum Gasteiger partial charge on any atom is -0.496 e. The first-order chi connectivity index (χ1) is 10.2. The number of carbonyl (C=O) groups excluding carboxylic acids is 2. The van der Waals surface area contributed by atoms with Gasteiger partial charge in [0.25, 0.3) is 0 Å². The fourth-order valence-electron chi connectivity index (χ4n) is 1.84. The van der Waals surface area contributed by atoms with Gasteiger partial charge in [-0.1, -0.05) is 6.07 Å². The van der Waals surface area contributed by atoms with Crippen LogP contribution < -0.4 is 9.47 Å². The Hall–Kier alpha value is -2.76. The third-order valence-corrected chi connectivity index (χ3v) is 2.86. The number of hydrogen-bond acceptors (Lipinski definition) is 5. The van der Waals surface area contributed by atoms with Crippen LogP contribution in [0.4, 0.5) is 0 Å². The van der Waals surface area contributed by atoms with Crippen molar-refractivity contribution < 1.29 is 23.8 Å². The van der Waals surface area contributed by atoms with Crippen molar-refractivity contribution in [3.63, 3.8) is 0 Å². The molecule has 2 aromatic rings. The molecule has 0 bridgehead atoms. The first-order valence-corrected chi connectivity index (χ1v) is 6.22. The van der Waals surface area contributed by atoms with Crippen molar-refractivity contribution in [2.24, 2.45) is 0 Å². The van der Waals surface area contributed by atoms with Crippen LogP contribution in [0.5, 0.6) is 11.5 Å². The van der Waals surface area contributed by atoms with Crippen LogP contribution in [0.25, 0.3) is 0 Å². The van der Waals surface area contributed by atoms with E-state index in [0.717, 1.165) is 0 Å². The molecule has 0 radical (unpaired) electrons. The summed E-state index contributed by atoms with van der Waals surface area (Å²) in [6.45, 7) is -0.361. The summed E-state index contributed by atoms with van der Waals surface area (Å²) < 4.78 is 15.3. The summed E-state index contributed by atoms with van der Waals surface area (Å²) in [5.74, 6) is -0.343. The molecule has 0 fully saturated rings. The molecule has 110 valence electrons. The van der Waals surface area contributed by atoms with Gasteiger partial charge in [-0.3, -0.25) is 4.79 Å². The highest BCUT2D eigenvalue weighted by Crippen LogP contribution is 2.28. The molecule has 0 aliphatic rings. The molecule has 0 aliphatic carbocycles. The fourth-order valence-corrected chi connectivity index (χ4v) is 1.84. The number of rotatable bonds is 6. The Morgan fingerprint density at radius 1 is 1.05 bits per heavy atom. The van der Waals surface area contributed by atoms with Crippen LogP contribution in [-0.4, -0.2) is 37.6 Å². The Morgan fingerprint density at radius 2 is 1.71 bits per heavy atom. The van der Waals surface area contributed by atoms with E-state index in [1.165, 1.54) is 14.2 Å². The van der Waals surface area contributed by atoms with Gasteiger partial charge < -0.3 is 19.2 Å². The molecule has 21 heavy (non-hydrogen) atoms. The van der Waals surface area contributed by atoms with Gasteiger partial charge in [-0.25, -0.2) is 4.79 Å². The Bertz CT molecular complexity index is 611. The highest BCUT2D eigenvalue weighted by atomic mass is 16.5. The van der Waals surface area contributed by atoms with Crippen LogP contribution in [-0.2, 0) is 4.74 Å². The molecule has 1 aromatic heterocycles. The van der Waals surface area contributed by atoms with Gasteiger partial charge >= 0.3 is 5.97 Å². The Balaban J connectivity index is 2.12. The number of aromatic amines is 1. The predicted molar refractivity (Wildman–Crippen MR) is 75.0 cm³/mol. The van der Waals surface area contributed by atoms with Gasteiger partial charge in [-0.2, -0.15) is 0 Å². The molecular weight excluding hydrogens is 274 g/mol. The third-order valence-electron chi connectivity index (χ3n) is 2.86. The number of nitrogens with one attached hydrogen (secondary N) is 1. The molecule has 0 amide bonds. The second-order valence-electron chi connectivity index (χ2n) is 4.12. The molecule has 2 rings (SSSR count). The zero-order valence-corrected chi connectivity index (χ0v) is 11.7. The van der Waals surface area contributed by atoms with E-state index in [9.17, 15) is 9.59 Å². The Kier molecular flexibility index (Phi) is 4.61. The van der Waals surface area contributed by atoms with Crippen molar-refractivity contribution >= 4 is 11.8 Å². The number of H-pyrrole nitrogens is 1. The monoisotopic (exact) mass is 289 g/mol. The van der Waals surface area contributed by atoms with E-state index in [0.29, 0.717) is 17.2 Å². The average Bonchev–Trinajstić information content (AvgIpc) is 3.05. The van der Waals surface area contributed by atoms with Crippen LogP contribution in [0.2, 0.25) is 0 Å². The standard InChI is InChI=1S/C15H15NO5/c1-19-12-6-3-7-13(20-2)14(12)15(18)21-9-11(17)10-5-4-8-16-10/h3-8,16H,9H2,1-2H3. The number of ether oxygens (including phenoxy) is 3. The molecule has 0 atom stereocenters. The lowest BCUT2D eigenvalue weighted by atomic mass is 10.2. The number of hydrogen-bond donors (Lipinski definition) is 1. The third kappa shape index (κ3) is 3.22. The van der Waals surface area contributed by atoms with Crippen molar-refractivity contribution in [2.45, 2.75) is 0 Å². The largest absolute Gasteiger partial charge is 0.496 e. The van der Waals surface area contributed by atoms with Crippen LogP contribution in [0, 0.1) is 0 Å². The van der Waals surface area contributed by atoms with Gasteiger partial charge in [0, 0.05) is 6.20 Å². The van der Waals surface area contributed by atoms with Crippen molar-refractivity contribution in [1.82, 2.24) is 4.98 Å². The summed E-state index contributed by atoms with van der Waals surface area (Å²) in [5, 5.41) is 0. The number of benzene rings is 1. The Labute approximate surface area is 121 Å². The molecule has 1 N–H and O–H groups in total. The van der Waals surface area contributed by atoms with Crippen molar-refractivity contribution in [3.8, 4) is 11.5 Å². The van der Waals surface area contributed by atoms with Crippen LogP contribution in [0.15, 0.2) is 36.5 Å². The van der Waals surface area contributed by atoms with Crippen molar-refractivity contribution in [2.75, 3.05) is 20.8 Å². The number of esters is 1. The van der Waals surface area contributed by atoms with Crippen LogP contribution in [0.3, 0.4) is 0 Å². The molecule has 0 spiro atoms. The van der Waals surface area contributed by atoms with Gasteiger partial charge in [-0.05, 0) is 24.3 Å². The van der Waals surface area contributed by atoms with E-state index >= 15 is 0 Å². The van der Waals surface area contributed by atoms with E-state index in [1.54, 1.807) is 36.5 Å². The molecular formula is C15H15NO5. The molecule has 0 saturated heterocycles. The molecule has 0 saturated carbocycles. The highest BCUT2D eigenvalue weighted by Gasteiger charge is 2.21. The fraction of sp³-hybridized carbons (Fsp3) is 0.200. The van der Waals surface area contributed by atoms with Crippen LogP contribution in [0.1, 0.15) is 20.8 Å². The average molecular weight is 289 g/mol. The van der Waals surface area contributed by atoms with Gasteiger partial charge in [-0.15, -0.1) is 0 Å². The van der Waals surface area contributed by atoms with E-state index in [2.05, 4.69) is 4.98 Å². The number of carbonyl (C=O) groups is 2. The molecule has 6 heteroatoms. The number of methoxy groups -OCH3 is 2. The molecule has 6 nitrogen and oxygen atoms in total. The molecule has 0 unspecified atom stereocenters. The maximum absolute atomic E-state index is 12.1. The number of aromatic nitrogens is 1. The van der Waals surface area contributed by atoms with Gasteiger partial charge in [0.15, 0.2) is 6.61 Å². The lowest BCUT2D eigenvalue weighted by Gasteiger charge is -2.11. The quantitative estimate of drug-likeness (QED) is 0.650. The van der Waals surface area contributed by atoms with E-state index in [4.69, 9.17) is 14.2 Å². The first kappa shape index (κ1) is 14.6. The maximum atomic E-state index is 12.1. The summed E-state index contributed by atoms with van der Waals surface area (Å²) in [6, 6.07) is 8.23. The summed E-state index contributed by atoms with van der Waals surface area (Å²) in [4.78, 5) is 26.7. The minimum atomic E-state index is -0.677. The second-order valence-corrected chi connectivity index (χ2v) is 4.12. The summed E-state index contributed by atoms with van der Waals surface area (Å²) in [5.41, 5.74) is 0.538. The zero-order chi connectivity index (χ0) is 15.2. The van der Waals surface area contributed by atoms with Crippen molar-refractivity contribution in [1.29, 1.82) is 0 Å². The minimum absolute atomic E-state index is 0.154. The van der Waals surface area contributed by atoms with E-state index in [-0.39, 0.29) is 18.0 Å². The van der Waals surface area contributed by atoms with Crippen molar-refractivity contribution in [3.05, 3.63) is 47.8 Å². The number of ketones is 1. The normalized spacial score (nSPS) is 10.0. The Morgan fingerprint density at radius 3 is 2.24 bits per heavy atom. The van der Waals surface area contributed by atoms with E-state index in [1.807, 2.05) is 0 Å². The first-order valence-electron chi connectivity index (χ1n) is 6.22. The molecule has 1 heterocycles. The lowest BCUT2D eigenvalue weighted by Crippen LogP contribution is -2.16. The summed E-state index contributed by atoms with van der Waals surface area (Å²) >= 11 is 0. The predicted octanol–water partition coefficient (Wildman–Crippen LogP) is 2.07. The SMILES string of the molecule is COc1cccc(OC)c1C(=O)OCC(=O)c1ccc[nH]1. The van der Waals surface area contributed by atoms with E-state index < -0.39 is 5.97 Å². The zero-order valence-electron chi connectivity index (χ0n) is 11.7. The molecule has 0 aliphatic heterocycles. The summed E-state index contributed by atoms with van der Waals surface area (Å²) in [6.07, 6.45) is 1.62.